The van der Waals surface area contributed by atoms with Gasteiger partial charge in [-0.05, 0) is 31.4 Å². The first-order chi connectivity index (χ1) is 9.24. The number of nitrogens with zero attached hydrogens (tertiary/aromatic N) is 2. The number of ether oxygens (including phenoxy) is 1. The molecule has 0 N–H and O–H groups in total. The third-order valence-electron chi connectivity index (χ3n) is 3.29. The lowest BCUT2D eigenvalue weighted by Gasteiger charge is -2.22. The summed E-state index contributed by atoms with van der Waals surface area (Å²) in [5.74, 6) is 0. The topological polar surface area (TPSA) is 27.1 Å². The van der Waals surface area contributed by atoms with Crippen LogP contribution in [0.15, 0.2) is 30.6 Å². The van der Waals surface area contributed by atoms with E-state index in [2.05, 4.69) is 5.10 Å². The predicted octanol–water partition coefficient (Wildman–Crippen LogP) is 4.56. The summed E-state index contributed by atoms with van der Waals surface area (Å²) in [5, 5.41) is 5.65. The number of rotatable bonds is 2. The molecule has 0 spiro atoms. The van der Waals surface area contributed by atoms with Crippen LogP contribution >= 0.6 is 23.2 Å². The molecule has 0 bridgehead atoms. The third kappa shape index (κ3) is 2.78. The molecule has 1 fully saturated rings. The molecule has 2 heterocycles. The van der Waals surface area contributed by atoms with E-state index in [1.165, 1.54) is 6.42 Å². The first-order valence-corrected chi connectivity index (χ1v) is 7.11. The van der Waals surface area contributed by atoms with Gasteiger partial charge in [0.05, 0.1) is 6.20 Å². The fourth-order valence-electron chi connectivity index (χ4n) is 2.29. The second-order valence-electron chi connectivity index (χ2n) is 4.65. The molecule has 5 heteroatoms. The van der Waals surface area contributed by atoms with Gasteiger partial charge in [-0.2, -0.15) is 5.10 Å². The van der Waals surface area contributed by atoms with Crippen LogP contribution in [0.3, 0.4) is 0 Å². The van der Waals surface area contributed by atoms with Crippen LogP contribution in [-0.4, -0.2) is 16.4 Å². The zero-order valence-corrected chi connectivity index (χ0v) is 11.9. The fraction of sp³-hybridized carbons (Fsp3) is 0.357. The molecule has 0 amide bonds. The Morgan fingerprint density at radius 3 is 2.89 bits per heavy atom. The molecule has 3 nitrogen and oxygen atoms in total. The van der Waals surface area contributed by atoms with Crippen LogP contribution in [0.5, 0.6) is 0 Å². The van der Waals surface area contributed by atoms with E-state index >= 15 is 0 Å². The van der Waals surface area contributed by atoms with Crippen LogP contribution in [0.25, 0.3) is 11.1 Å². The van der Waals surface area contributed by atoms with Gasteiger partial charge in [-0.15, -0.1) is 0 Å². The Labute approximate surface area is 122 Å². The van der Waals surface area contributed by atoms with E-state index in [1.807, 2.05) is 29.2 Å². The monoisotopic (exact) mass is 296 g/mol. The number of benzene rings is 1. The van der Waals surface area contributed by atoms with Gasteiger partial charge in [0.15, 0.2) is 0 Å². The molecule has 3 rings (SSSR count). The summed E-state index contributed by atoms with van der Waals surface area (Å²) in [6.07, 6.45) is 7.16. The predicted molar refractivity (Wildman–Crippen MR) is 76.5 cm³/mol. The summed E-state index contributed by atoms with van der Waals surface area (Å²) in [6.45, 7) is 0.807. The summed E-state index contributed by atoms with van der Waals surface area (Å²) in [4.78, 5) is 0. The average Bonchev–Trinajstić information content (AvgIpc) is 2.89. The van der Waals surface area contributed by atoms with Gasteiger partial charge in [0.25, 0.3) is 0 Å². The van der Waals surface area contributed by atoms with E-state index in [1.54, 1.807) is 6.07 Å². The zero-order chi connectivity index (χ0) is 13.2. The Bertz CT molecular complexity index is 577. The molecule has 19 heavy (non-hydrogen) atoms. The second kappa shape index (κ2) is 5.53. The van der Waals surface area contributed by atoms with Crippen LogP contribution < -0.4 is 0 Å². The minimum atomic E-state index is 0.0496. The van der Waals surface area contributed by atoms with Gasteiger partial charge in [-0.25, -0.2) is 4.68 Å². The normalized spacial score (nSPS) is 19.6. The number of hydrogen-bond acceptors (Lipinski definition) is 2. The van der Waals surface area contributed by atoms with Crippen molar-refractivity contribution in [2.75, 3.05) is 6.61 Å². The zero-order valence-electron chi connectivity index (χ0n) is 10.4. The van der Waals surface area contributed by atoms with Gasteiger partial charge in [-0.1, -0.05) is 29.3 Å². The van der Waals surface area contributed by atoms with Crippen molar-refractivity contribution in [2.45, 2.75) is 25.5 Å². The van der Waals surface area contributed by atoms with E-state index in [9.17, 15) is 0 Å². The van der Waals surface area contributed by atoms with Gasteiger partial charge in [0.1, 0.15) is 6.23 Å². The Kier molecular flexibility index (Phi) is 3.78. The molecule has 0 radical (unpaired) electrons. The quantitative estimate of drug-likeness (QED) is 0.812. The van der Waals surface area contributed by atoms with Crippen molar-refractivity contribution in [1.29, 1.82) is 0 Å². The molecular formula is C14H14Cl2N2O. The van der Waals surface area contributed by atoms with Gasteiger partial charge >= 0.3 is 0 Å². The molecule has 1 saturated heterocycles. The van der Waals surface area contributed by atoms with Crippen molar-refractivity contribution in [2.24, 2.45) is 0 Å². The summed E-state index contributed by atoms with van der Waals surface area (Å²) in [6, 6.07) is 5.48. The molecule has 0 saturated carbocycles. The van der Waals surface area contributed by atoms with Gasteiger partial charge < -0.3 is 4.74 Å². The molecule has 1 aromatic carbocycles. The molecule has 1 aliphatic heterocycles. The summed E-state index contributed by atoms with van der Waals surface area (Å²) >= 11 is 12.1. The van der Waals surface area contributed by atoms with Gasteiger partial charge in [-0.3, -0.25) is 0 Å². The molecular weight excluding hydrogens is 283 g/mol. The van der Waals surface area contributed by atoms with Crippen LogP contribution in [0, 0.1) is 0 Å². The van der Waals surface area contributed by atoms with Crippen molar-refractivity contribution < 1.29 is 4.74 Å². The summed E-state index contributed by atoms with van der Waals surface area (Å²) in [7, 11) is 0. The Morgan fingerprint density at radius 2 is 2.16 bits per heavy atom. The van der Waals surface area contributed by atoms with E-state index in [0.717, 1.165) is 30.6 Å². The Morgan fingerprint density at radius 1 is 1.26 bits per heavy atom. The number of halogens is 2. The first-order valence-electron chi connectivity index (χ1n) is 6.35. The number of hydrogen-bond donors (Lipinski definition) is 0. The lowest BCUT2D eigenvalue weighted by Crippen LogP contribution is -2.18. The van der Waals surface area contributed by atoms with Crippen molar-refractivity contribution in [3.8, 4) is 11.1 Å². The van der Waals surface area contributed by atoms with Crippen LogP contribution in [0.1, 0.15) is 25.5 Å². The van der Waals surface area contributed by atoms with E-state index in [0.29, 0.717) is 10.0 Å². The molecule has 1 aromatic heterocycles. The lowest BCUT2D eigenvalue weighted by atomic mass is 10.1. The highest BCUT2D eigenvalue weighted by Crippen LogP contribution is 2.31. The van der Waals surface area contributed by atoms with Crippen LogP contribution in [-0.2, 0) is 4.74 Å². The maximum absolute atomic E-state index is 6.21. The van der Waals surface area contributed by atoms with E-state index in [-0.39, 0.29) is 6.23 Å². The summed E-state index contributed by atoms with van der Waals surface area (Å²) in [5.41, 5.74) is 1.92. The smallest absolute Gasteiger partial charge is 0.150 e. The highest BCUT2D eigenvalue weighted by atomic mass is 35.5. The molecule has 100 valence electrons. The SMILES string of the molecule is Clc1ccc(-c2cnn([C@H]3CCCCO3)c2)c(Cl)c1. The van der Waals surface area contributed by atoms with Gasteiger partial charge in [0.2, 0.25) is 0 Å². The van der Waals surface area contributed by atoms with Gasteiger partial charge in [0, 0.05) is 34.0 Å². The van der Waals surface area contributed by atoms with Crippen molar-refractivity contribution in [3.63, 3.8) is 0 Å². The highest BCUT2D eigenvalue weighted by Gasteiger charge is 2.17. The second-order valence-corrected chi connectivity index (χ2v) is 5.50. The van der Waals surface area contributed by atoms with E-state index < -0.39 is 0 Å². The van der Waals surface area contributed by atoms with Crippen LogP contribution in [0.4, 0.5) is 0 Å². The van der Waals surface area contributed by atoms with Crippen molar-refractivity contribution in [3.05, 3.63) is 40.6 Å². The Balaban J connectivity index is 1.87. The molecule has 2 aromatic rings. The fourth-order valence-corrected chi connectivity index (χ4v) is 2.81. The maximum Gasteiger partial charge on any atom is 0.150 e. The number of aromatic nitrogens is 2. The average molecular weight is 297 g/mol. The Hall–Kier alpha value is -1.03. The third-order valence-corrected chi connectivity index (χ3v) is 3.84. The molecule has 0 unspecified atom stereocenters. The summed E-state index contributed by atoms with van der Waals surface area (Å²) < 4.78 is 7.58. The minimum absolute atomic E-state index is 0.0496. The first kappa shape index (κ1) is 13.0. The van der Waals surface area contributed by atoms with E-state index in [4.69, 9.17) is 27.9 Å². The minimum Gasteiger partial charge on any atom is -0.357 e. The standard InChI is InChI=1S/C14H14Cl2N2O/c15-11-4-5-12(13(16)7-11)10-8-17-18(9-10)14-3-1-2-6-19-14/h4-5,7-9,14H,1-3,6H2/t14-/m1/s1. The van der Waals surface area contributed by atoms with Crippen LogP contribution in [0.2, 0.25) is 10.0 Å². The molecule has 0 aliphatic carbocycles. The molecule has 1 aliphatic rings. The van der Waals surface area contributed by atoms with Crippen molar-refractivity contribution >= 4 is 23.2 Å². The largest absolute Gasteiger partial charge is 0.357 e. The molecule has 1 atom stereocenters. The lowest BCUT2D eigenvalue weighted by molar-refractivity contribution is -0.0394. The van der Waals surface area contributed by atoms with Crippen molar-refractivity contribution in [1.82, 2.24) is 9.78 Å². The highest BCUT2D eigenvalue weighted by molar-refractivity contribution is 6.36. The maximum atomic E-state index is 6.21.